The van der Waals surface area contributed by atoms with Gasteiger partial charge in [-0.15, -0.1) is 0 Å². The van der Waals surface area contributed by atoms with Crippen LogP contribution in [-0.2, 0) is 21.4 Å². The zero-order valence-corrected chi connectivity index (χ0v) is 20.9. The van der Waals surface area contributed by atoms with E-state index in [0.29, 0.717) is 37.4 Å². The number of ether oxygens (including phenoxy) is 1. The number of carbonyl (C=O) groups excluding carboxylic acids is 1. The Bertz CT molecular complexity index is 1080. The van der Waals surface area contributed by atoms with E-state index in [1.165, 1.54) is 9.87 Å². The summed E-state index contributed by atoms with van der Waals surface area (Å²) in [7, 11) is -1.99. The molecule has 2 aliphatic rings. The van der Waals surface area contributed by atoms with Crippen LogP contribution in [0.2, 0.25) is 0 Å². The summed E-state index contributed by atoms with van der Waals surface area (Å²) in [5, 5.41) is 6.98. The Morgan fingerprint density at radius 1 is 1.15 bits per heavy atom. The average molecular weight is 491 g/mol. The fraction of sp³-hybridized carbons (Fsp3) is 0.583. The molecule has 1 aromatic carbocycles. The minimum atomic E-state index is -3.66. The standard InChI is InChI=1S/C24H34N4O5S/c1-17-23(18(2)33-26-17)34(30,31)28-13-7-20(8-14-28)24(29)25-21-9-11-27(12-10-21)16-19-5-4-6-22(15-19)32-3/h4-6,15,20-21H,7-14,16H2,1-3H3,(H,25,29). The number of nitrogens with zero attached hydrogens (tertiary/aromatic N) is 3. The number of methoxy groups -OCH3 is 1. The number of aromatic nitrogens is 1. The first-order valence-corrected chi connectivity index (χ1v) is 13.3. The Morgan fingerprint density at radius 2 is 1.85 bits per heavy atom. The monoisotopic (exact) mass is 490 g/mol. The minimum absolute atomic E-state index is 0.0423. The van der Waals surface area contributed by atoms with Gasteiger partial charge < -0.3 is 14.6 Å². The van der Waals surface area contributed by atoms with Crippen molar-refractivity contribution in [1.29, 1.82) is 0 Å². The van der Waals surface area contributed by atoms with Gasteiger partial charge in [0.25, 0.3) is 0 Å². The van der Waals surface area contributed by atoms with Crippen molar-refractivity contribution in [1.82, 2.24) is 19.7 Å². The van der Waals surface area contributed by atoms with Crippen LogP contribution in [0.5, 0.6) is 5.75 Å². The van der Waals surface area contributed by atoms with E-state index in [9.17, 15) is 13.2 Å². The van der Waals surface area contributed by atoms with Crippen LogP contribution in [0.3, 0.4) is 0 Å². The number of aryl methyl sites for hydroxylation is 2. The van der Waals surface area contributed by atoms with Crippen LogP contribution in [0.1, 0.15) is 42.7 Å². The highest BCUT2D eigenvalue weighted by molar-refractivity contribution is 7.89. The second-order valence-corrected chi connectivity index (χ2v) is 11.1. The van der Waals surface area contributed by atoms with Crippen LogP contribution in [0.25, 0.3) is 0 Å². The number of carbonyl (C=O) groups is 1. The summed E-state index contributed by atoms with van der Waals surface area (Å²) in [6, 6.07) is 8.28. The molecule has 10 heteroatoms. The molecule has 1 aromatic heterocycles. The molecule has 34 heavy (non-hydrogen) atoms. The number of rotatable bonds is 7. The number of benzene rings is 1. The third kappa shape index (κ3) is 5.45. The Labute approximate surface area is 201 Å². The number of sulfonamides is 1. The van der Waals surface area contributed by atoms with Crippen LogP contribution >= 0.6 is 0 Å². The number of amides is 1. The molecule has 0 aliphatic carbocycles. The molecular weight excluding hydrogens is 456 g/mol. The predicted molar refractivity (Wildman–Crippen MR) is 127 cm³/mol. The first-order valence-electron chi connectivity index (χ1n) is 11.9. The summed E-state index contributed by atoms with van der Waals surface area (Å²) >= 11 is 0. The van der Waals surface area contributed by atoms with Crippen molar-refractivity contribution in [3.63, 3.8) is 0 Å². The molecule has 3 heterocycles. The zero-order valence-electron chi connectivity index (χ0n) is 20.1. The van der Waals surface area contributed by atoms with Gasteiger partial charge in [-0.1, -0.05) is 17.3 Å². The van der Waals surface area contributed by atoms with Crippen molar-refractivity contribution >= 4 is 15.9 Å². The van der Waals surface area contributed by atoms with Gasteiger partial charge in [-0.2, -0.15) is 4.31 Å². The SMILES string of the molecule is COc1cccc(CN2CCC(NC(=O)C3CCN(S(=O)(=O)c4c(C)noc4C)CC3)CC2)c1. The highest BCUT2D eigenvalue weighted by Gasteiger charge is 2.36. The number of nitrogens with one attached hydrogen (secondary N) is 1. The van der Waals surface area contributed by atoms with Crippen molar-refractivity contribution in [2.24, 2.45) is 5.92 Å². The van der Waals surface area contributed by atoms with Crippen molar-refractivity contribution < 1.29 is 22.5 Å². The Kier molecular flexibility index (Phi) is 7.59. The van der Waals surface area contributed by atoms with E-state index in [4.69, 9.17) is 9.26 Å². The number of hydrogen-bond acceptors (Lipinski definition) is 7. The molecular formula is C24H34N4O5S. The minimum Gasteiger partial charge on any atom is -0.497 e. The average Bonchev–Trinajstić information content (AvgIpc) is 3.19. The maximum Gasteiger partial charge on any atom is 0.248 e. The molecule has 2 saturated heterocycles. The third-order valence-electron chi connectivity index (χ3n) is 6.86. The smallest absolute Gasteiger partial charge is 0.248 e. The highest BCUT2D eigenvalue weighted by Crippen LogP contribution is 2.28. The quantitative estimate of drug-likeness (QED) is 0.636. The summed E-state index contributed by atoms with van der Waals surface area (Å²) in [6.07, 6.45) is 2.86. The normalized spacial score (nSPS) is 19.3. The maximum atomic E-state index is 13.0. The first-order chi connectivity index (χ1) is 16.3. The molecule has 1 N–H and O–H groups in total. The van der Waals surface area contributed by atoms with Gasteiger partial charge >= 0.3 is 0 Å². The molecule has 2 aromatic rings. The summed E-state index contributed by atoms with van der Waals surface area (Å²) < 4.78 is 37.8. The second kappa shape index (κ2) is 10.5. The van der Waals surface area contributed by atoms with Gasteiger partial charge in [-0.3, -0.25) is 9.69 Å². The molecule has 2 aliphatic heterocycles. The fourth-order valence-corrected chi connectivity index (χ4v) is 6.67. The highest BCUT2D eigenvalue weighted by atomic mass is 32.2. The fourth-order valence-electron chi connectivity index (χ4n) is 4.91. The summed E-state index contributed by atoms with van der Waals surface area (Å²) in [5.74, 6) is 1.05. The number of hydrogen-bond donors (Lipinski definition) is 1. The molecule has 1 amide bonds. The molecule has 0 radical (unpaired) electrons. The van der Waals surface area contributed by atoms with Crippen LogP contribution in [-0.4, -0.2) is 68.0 Å². The zero-order chi connectivity index (χ0) is 24.3. The molecule has 0 unspecified atom stereocenters. The van der Waals surface area contributed by atoms with Crippen LogP contribution in [0.15, 0.2) is 33.7 Å². The van der Waals surface area contributed by atoms with E-state index >= 15 is 0 Å². The summed E-state index contributed by atoms with van der Waals surface area (Å²) in [4.78, 5) is 15.4. The van der Waals surface area contributed by atoms with Crippen molar-refractivity contribution in [2.45, 2.75) is 57.0 Å². The maximum absolute atomic E-state index is 13.0. The van der Waals surface area contributed by atoms with Crippen LogP contribution in [0, 0.1) is 19.8 Å². The van der Waals surface area contributed by atoms with E-state index in [1.807, 2.05) is 12.1 Å². The number of piperidine rings is 2. The van der Waals surface area contributed by atoms with Gasteiger partial charge in [0, 0.05) is 44.7 Å². The lowest BCUT2D eigenvalue weighted by molar-refractivity contribution is -0.127. The molecule has 0 bridgehead atoms. The second-order valence-electron chi connectivity index (χ2n) is 9.24. The Hall–Kier alpha value is -2.43. The van der Waals surface area contributed by atoms with Gasteiger partial charge in [-0.25, -0.2) is 8.42 Å². The van der Waals surface area contributed by atoms with E-state index in [1.54, 1.807) is 21.0 Å². The van der Waals surface area contributed by atoms with E-state index < -0.39 is 10.0 Å². The van der Waals surface area contributed by atoms with E-state index in [2.05, 4.69) is 27.5 Å². The molecule has 4 rings (SSSR count). The van der Waals surface area contributed by atoms with Crippen LogP contribution < -0.4 is 10.1 Å². The number of likely N-dealkylation sites (tertiary alicyclic amines) is 1. The molecule has 2 fully saturated rings. The topological polar surface area (TPSA) is 105 Å². The predicted octanol–water partition coefficient (Wildman–Crippen LogP) is 2.48. The summed E-state index contributed by atoms with van der Waals surface area (Å²) in [6.45, 7) is 6.61. The van der Waals surface area contributed by atoms with Crippen molar-refractivity contribution in [3.05, 3.63) is 41.3 Å². The Balaban J connectivity index is 1.23. The molecule has 9 nitrogen and oxygen atoms in total. The molecule has 0 atom stereocenters. The van der Waals surface area contributed by atoms with E-state index in [-0.39, 0.29) is 22.8 Å². The van der Waals surface area contributed by atoms with Crippen molar-refractivity contribution in [2.75, 3.05) is 33.3 Å². The molecule has 0 saturated carbocycles. The van der Waals surface area contributed by atoms with Gasteiger partial charge in [0.2, 0.25) is 15.9 Å². The van der Waals surface area contributed by atoms with Gasteiger partial charge in [-0.05, 0) is 57.2 Å². The van der Waals surface area contributed by atoms with E-state index in [0.717, 1.165) is 38.2 Å². The lowest BCUT2D eigenvalue weighted by atomic mass is 9.95. The van der Waals surface area contributed by atoms with Gasteiger partial charge in [0.15, 0.2) is 5.76 Å². The molecule has 186 valence electrons. The lowest BCUT2D eigenvalue weighted by Crippen LogP contribution is -2.48. The first kappa shape index (κ1) is 24.7. The lowest BCUT2D eigenvalue weighted by Gasteiger charge is -2.34. The third-order valence-corrected chi connectivity index (χ3v) is 9.01. The summed E-state index contributed by atoms with van der Waals surface area (Å²) in [5.41, 5.74) is 1.59. The Morgan fingerprint density at radius 3 is 2.47 bits per heavy atom. The molecule has 0 spiro atoms. The van der Waals surface area contributed by atoms with Crippen molar-refractivity contribution in [3.8, 4) is 5.75 Å². The largest absolute Gasteiger partial charge is 0.497 e. The van der Waals surface area contributed by atoms with Crippen LogP contribution in [0.4, 0.5) is 0 Å². The van der Waals surface area contributed by atoms with Gasteiger partial charge in [0.1, 0.15) is 16.3 Å². The van der Waals surface area contributed by atoms with Gasteiger partial charge in [0.05, 0.1) is 7.11 Å².